The van der Waals surface area contributed by atoms with Crippen LogP contribution in [0.25, 0.3) is 5.57 Å². The fourth-order valence-corrected chi connectivity index (χ4v) is 7.72. The van der Waals surface area contributed by atoms with Gasteiger partial charge in [-0.05, 0) is 34.8 Å². The first-order valence-corrected chi connectivity index (χ1v) is 12.0. The minimum atomic E-state index is -2.95. The summed E-state index contributed by atoms with van der Waals surface area (Å²) in [7, 11) is -2.95. The van der Waals surface area contributed by atoms with Gasteiger partial charge in [0.1, 0.15) is 0 Å². The Kier molecular flexibility index (Phi) is 4.77. The molecule has 1 unspecified atom stereocenters. The third-order valence-corrected chi connectivity index (χ3v) is 9.22. The molecule has 1 aliphatic rings. The Morgan fingerprint density at radius 3 is 2.00 bits per heavy atom. The van der Waals surface area contributed by atoms with Crippen molar-refractivity contribution in [3.63, 3.8) is 0 Å². The number of hydrogen-bond acceptors (Lipinski definition) is 1. The van der Waals surface area contributed by atoms with Crippen LogP contribution < -0.4 is 10.6 Å². The summed E-state index contributed by atoms with van der Waals surface area (Å²) in [6, 6.07) is 37.1. The summed E-state index contributed by atoms with van der Waals surface area (Å²) >= 11 is 0. The van der Waals surface area contributed by atoms with Crippen molar-refractivity contribution < 1.29 is 4.57 Å². The monoisotopic (exact) mass is 406 g/mol. The van der Waals surface area contributed by atoms with Gasteiger partial charge in [-0.3, -0.25) is 0 Å². The summed E-state index contributed by atoms with van der Waals surface area (Å²) in [5.41, 5.74) is 5.81. The fourth-order valence-electron chi connectivity index (χ4n) is 4.47. The molecule has 2 heteroatoms. The minimum Gasteiger partial charge on any atom is -0.309 e. The third-order valence-electron chi connectivity index (χ3n) is 5.98. The molecule has 0 spiro atoms. The van der Waals surface area contributed by atoms with Gasteiger partial charge >= 0.3 is 0 Å². The molecule has 146 valence electrons. The molecule has 1 heterocycles. The van der Waals surface area contributed by atoms with E-state index in [1.54, 1.807) is 0 Å². The van der Waals surface area contributed by atoms with Crippen LogP contribution in [0.3, 0.4) is 0 Å². The molecule has 0 amide bonds. The van der Waals surface area contributed by atoms with Crippen molar-refractivity contribution in [1.82, 2.24) is 0 Å². The van der Waals surface area contributed by atoms with E-state index >= 15 is 4.57 Å². The van der Waals surface area contributed by atoms with E-state index in [1.807, 2.05) is 48.5 Å². The van der Waals surface area contributed by atoms with Crippen molar-refractivity contribution in [1.29, 1.82) is 0 Å². The molecule has 0 fully saturated rings. The van der Waals surface area contributed by atoms with Crippen molar-refractivity contribution >= 4 is 23.3 Å². The van der Waals surface area contributed by atoms with Gasteiger partial charge in [0.2, 0.25) is 0 Å². The maximum Gasteiger partial charge on any atom is 0.168 e. The molecule has 0 aromatic heterocycles. The second-order valence-corrected chi connectivity index (χ2v) is 10.5. The van der Waals surface area contributed by atoms with Crippen LogP contribution in [0, 0.1) is 6.92 Å². The molecular weight excluding hydrogens is 383 g/mol. The number of allylic oxidation sites excluding steroid dienone is 1. The van der Waals surface area contributed by atoms with Gasteiger partial charge in [0.05, 0.1) is 0 Å². The molecule has 4 aromatic carbocycles. The van der Waals surface area contributed by atoms with Crippen molar-refractivity contribution in [3.8, 4) is 0 Å². The standard InChI is InChI=1S/C28H23OP/c1-21-12-8-9-15-23(21)20-27-28(22-13-4-2-5-14-22)25-18-10-11-19-26(25)30(27,29)24-16-6-3-7-17-24/h2-19H,20H2,1H3. The summed E-state index contributed by atoms with van der Waals surface area (Å²) in [5, 5.41) is 2.90. The third kappa shape index (κ3) is 2.98. The molecule has 0 aliphatic carbocycles. The Hall–Kier alpha value is -3.15. The smallest absolute Gasteiger partial charge is 0.168 e. The molecule has 30 heavy (non-hydrogen) atoms. The summed E-state index contributed by atoms with van der Waals surface area (Å²) < 4.78 is 15.0. The average molecular weight is 406 g/mol. The van der Waals surface area contributed by atoms with Crippen molar-refractivity contribution in [2.45, 2.75) is 13.3 Å². The van der Waals surface area contributed by atoms with Crippen molar-refractivity contribution in [3.05, 3.63) is 137 Å². The first-order valence-electron chi connectivity index (χ1n) is 10.3. The highest BCUT2D eigenvalue weighted by Crippen LogP contribution is 2.62. The lowest BCUT2D eigenvalue weighted by molar-refractivity contribution is 0.590. The second kappa shape index (κ2) is 7.59. The zero-order valence-electron chi connectivity index (χ0n) is 17.0. The zero-order valence-corrected chi connectivity index (χ0v) is 17.8. The number of benzene rings is 4. The van der Waals surface area contributed by atoms with Crippen LogP contribution in [-0.2, 0) is 11.0 Å². The van der Waals surface area contributed by atoms with Crippen LogP contribution in [0.5, 0.6) is 0 Å². The topological polar surface area (TPSA) is 17.1 Å². The second-order valence-electron chi connectivity index (χ2n) is 7.75. The van der Waals surface area contributed by atoms with E-state index in [9.17, 15) is 0 Å². The lowest BCUT2D eigenvalue weighted by Crippen LogP contribution is -2.16. The zero-order chi connectivity index (χ0) is 20.6. The van der Waals surface area contributed by atoms with Gasteiger partial charge in [0.15, 0.2) is 7.14 Å². The molecule has 0 saturated carbocycles. The lowest BCUT2D eigenvalue weighted by atomic mass is 9.95. The number of hydrogen-bond donors (Lipinski definition) is 0. The summed E-state index contributed by atoms with van der Waals surface area (Å²) in [6.45, 7) is 2.13. The van der Waals surface area contributed by atoms with Crippen LogP contribution in [0.15, 0.2) is 115 Å². The first kappa shape index (κ1) is 18.9. The van der Waals surface area contributed by atoms with Gasteiger partial charge in [-0.25, -0.2) is 0 Å². The Morgan fingerprint density at radius 2 is 1.27 bits per heavy atom. The van der Waals surface area contributed by atoms with E-state index < -0.39 is 7.14 Å². The Labute approximate surface area is 178 Å². The van der Waals surface area contributed by atoms with Crippen LogP contribution in [0.1, 0.15) is 22.3 Å². The average Bonchev–Trinajstić information content (AvgIpc) is 3.06. The van der Waals surface area contributed by atoms with Gasteiger partial charge in [-0.15, -0.1) is 0 Å². The lowest BCUT2D eigenvalue weighted by Gasteiger charge is -2.20. The Balaban J connectivity index is 1.84. The van der Waals surface area contributed by atoms with Crippen LogP contribution in [0.2, 0.25) is 0 Å². The normalized spacial score (nSPS) is 17.8. The van der Waals surface area contributed by atoms with E-state index in [0.717, 1.165) is 32.6 Å². The maximum absolute atomic E-state index is 15.0. The highest BCUT2D eigenvalue weighted by atomic mass is 31.2. The van der Waals surface area contributed by atoms with Gasteiger partial charge in [-0.1, -0.05) is 109 Å². The van der Waals surface area contributed by atoms with E-state index in [4.69, 9.17) is 0 Å². The Morgan fingerprint density at radius 1 is 0.667 bits per heavy atom. The van der Waals surface area contributed by atoms with E-state index in [1.165, 1.54) is 11.1 Å². The van der Waals surface area contributed by atoms with Gasteiger partial charge in [-0.2, -0.15) is 0 Å². The molecular formula is C28H23OP. The van der Waals surface area contributed by atoms with Gasteiger partial charge < -0.3 is 4.57 Å². The van der Waals surface area contributed by atoms with Crippen LogP contribution in [-0.4, -0.2) is 0 Å². The molecule has 1 aliphatic heterocycles. The quantitative estimate of drug-likeness (QED) is 0.362. The molecule has 5 rings (SSSR count). The fraction of sp³-hybridized carbons (Fsp3) is 0.0714. The predicted molar refractivity (Wildman–Crippen MR) is 127 cm³/mol. The number of aryl methyl sites for hydroxylation is 1. The van der Waals surface area contributed by atoms with Crippen LogP contribution in [0.4, 0.5) is 0 Å². The van der Waals surface area contributed by atoms with Gasteiger partial charge in [0, 0.05) is 22.3 Å². The SMILES string of the molecule is Cc1ccccc1CC1=C(c2ccccc2)c2ccccc2P1(=O)c1ccccc1. The largest absolute Gasteiger partial charge is 0.309 e. The molecule has 0 N–H and O–H groups in total. The summed E-state index contributed by atoms with van der Waals surface area (Å²) in [4.78, 5) is 0. The highest BCUT2D eigenvalue weighted by Gasteiger charge is 2.42. The van der Waals surface area contributed by atoms with Crippen molar-refractivity contribution in [2.75, 3.05) is 0 Å². The summed E-state index contributed by atoms with van der Waals surface area (Å²) in [5.74, 6) is 0. The molecule has 1 nitrogen and oxygen atoms in total. The molecule has 0 saturated heterocycles. The molecule has 0 radical (unpaired) electrons. The minimum absolute atomic E-state index is 0.678. The van der Waals surface area contributed by atoms with Gasteiger partial charge in [0.25, 0.3) is 0 Å². The molecule has 0 bridgehead atoms. The predicted octanol–water partition coefficient (Wildman–Crippen LogP) is 6.32. The van der Waals surface area contributed by atoms with E-state index in [-0.39, 0.29) is 0 Å². The number of fused-ring (bicyclic) bond motifs is 1. The van der Waals surface area contributed by atoms with E-state index in [2.05, 4.69) is 67.6 Å². The first-order chi connectivity index (χ1) is 14.7. The summed E-state index contributed by atoms with van der Waals surface area (Å²) in [6.07, 6.45) is 0.678. The Bertz CT molecular complexity index is 1290. The maximum atomic E-state index is 15.0. The van der Waals surface area contributed by atoms with Crippen LogP contribution >= 0.6 is 7.14 Å². The highest BCUT2D eigenvalue weighted by molar-refractivity contribution is 7.83. The van der Waals surface area contributed by atoms with Crippen molar-refractivity contribution in [2.24, 2.45) is 0 Å². The molecule has 4 aromatic rings. The molecule has 1 atom stereocenters. The number of rotatable bonds is 4. The van der Waals surface area contributed by atoms with E-state index in [0.29, 0.717) is 6.42 Å².